The normalized spacial score (nSPS) is 14.4. The van der Waals surface area contributed by atoms with Gasteiger partial charge in [0.15, 0.2) is 11.7 Å². The van der Waals surface area contributed by atoms with Crippen LogP contribution in [0.25, 0.3) is 45.3 Å². The molecule has 4 heterocycles. The first-order chi connectivity index (χ1) is 16.3. The number of pyridine rings is 1. The highest BCUT2D eigenvalue weighted by Gasteiger charge is 2.21. The molecule has 1 N–H and O–H groups in total. The first kappa shape index (κ1) is 18.1. The molecule has 0 aliphatic carbocycles. The number of fused-ring (bicyclic) bond motifs is 5. The highest BCUT2D eigenvalue weighted by Crippen LogP contribution is 2.42. The zero-order valence-corrected chi connectivity index (χ0v) is 17.6. The van der Waals surface area contributed by atoms with Crippen molar-refractivity contribution < 1.29 is 4.42 Å². The van der Waals surface area contributed by atoms with Crippen LogP contribution in [0.3, 0.4) is 0 Å². The maximum atomic E-state index is 5.98. The molecule has 2 aliphatic rings. The SMILES string of the molecule is C1=Cc2cccc(C3N=CC=N3)c2Nc2c1cccc2-c1ccc2oc3cccnc3c2c1. The second-order valence-corrected chi connectivity index (χ2v) is 8.17. The van der Waals surface area contributed by atoms with Crippen molar-refractivity contribution in [2.24, 2.45) is 9.98 Å². The number of benzene rings is 3. The molecule has 5 heteroatoms. The predicted octanol–water partition coefficient (Wildman–Crippen LogP) is 7.03. The van der Waals surface area contributed by atoms with Crippen LogP contribution in [0.1, 0.15) is 22.9 Å². The lowest BCUT2D eigenvalue weighted by molar-refractivity contribution is 0.668. The number of furan rings is 1. The van der Waals surface area contributed by atoms with E-state index < -0.39 is 0 Å². The Morgan fingerprint density at radius 2 is 1.58 bits per heavy atom. The van der Waals surface area contributed by atoms with Gasteiger partial charge in [-0.05, 0) is 41.0 Å². The monoisotopic (exact) mass is 426 g/mol. The van der Waals surface area contributed by atoms with Crippen molar-refractivity contribution >= 4 is 58.0 Å². The minimum absolute atomic E-state index is 0.214. The number of anilines is 2. The van der Waals surface area contributed by atoms with Crippen molar-refractivity contribution in [3.63, 3.8) is 0 Å². The third-order valence-corrected chi connectivity index (χ3v) is 6.25. The van der Waals surface area contributed by atoms with Gasteiger partial charge in [-0.2, -0.15) is 0 Å². The number of hydrogen-bond acceptors (Lipinski definition) is 5. The maximum absolute atomic E-state index is 5.98. The summed E-state index contributed by atoms with van der Waals surface area (Å²) in [6, 6.07) is 22.8. The molecule has 2 aromatic heterocycles. The van der Waals surface area contributed by atoms with E-state index in [0.29, 0.717) is 0 Å². The molecular formula is C28H18N4O. The second-order valence-electron chi connectivity index (χ2n) is 8.17. The van der Waals surface area contributed by atoms with Crippen LogP contribution in [0.15, 0.2) is 87.3 Å². The molecule has 5 aromatic rings. The molecule has 33 heavy (non-hydrogen) atoms. The lowest BCUT2D eigenvalue weighted by atomic mass is 9.98. The molecule has 0 fully saturated rings. The molecule has 5 nitrogen and oxygen atoms in total. The standard InChI is InChI=1S/C28H18N4O/c1-4-17-9-10-18-5-2-7-21(28-30-14-15-31-28)26(18)32-25(17)20(6-1)19-11-12-23-22(16-19)27-24(33-23)8-3-13-29-27/h1-16,28,32H. The van der Waals surface area contributed by atoms with Crippen LogP contribution in [0, 0.1) is 0 Å². The summed E-state index contributed by atoms with van der Waals surface area (Å²) in [5, 5.41) is 4.76. The Morgan fingerprint density at radius 1 is 0.758 bits per heavy atom. The van der Waals surface area contributed by atoms with Gasteiger partial charge in [0.05, 0.1) is 11.4 Å². The second kappa shape index (κ2) is 7.00. The molecule has 3 aromatic carbocycles. The summed E-state index contributed by atoms with van der Waals surface area (Å²) in [7, 11) is 0. The lowest BCUT2D eigenvalue weighted by Gasteiger charge is -2.19. The van der Waals surface area contributed by atoms with Crippen molar-refractivity contribution in [1.82, 2.24) is 4.98 Å². The molecular weight excluding hydrogens is 408 g/mol. The van der Waals surface area contributed by atoms with Gasteiger partial charge in [-0.3, -0.25) is 15.0 Å². The molecule has 0 amide bonds. The first-order valence-corrected chi connectivity index (χ1v) is 10.9. The Hall–Kier alpha value is -4.51. The summed E-state index contributed by atoms with van der Waals surface area (Å²) in [6.07, 6.45) is 9.42. The average molecular weight is 426 g/mol. The van der Waals surface area contributed by atoms with E-state index in [9.17, 15) is 0 Å². The smallest absolute Gasteiger partial charge is 0.167 e. The zero-order chi connectivity index (χ0) is 21.8. The summed E-state index contributed by atoms with van der Waals surface area (Å²) in [5.74, 6) is 0. The molecule has 0 saturated carbocycles. The topological polar surface area (TPSA) is 62.8 Å². The Kier molecular flexibility index (Phi) is 3.84. The van der Waals surface area contributed by atoms with Gasteiger partial charge >= 0.3 is 0 Å². The summed E-state index contributed by atoms with van der Waals surface area (Å²) in [5.41, 5.74) is 10.1. The number of nitrogens with zero attached hydrogens (tertiary/aromatic N) is 3. The summed E-state index contributed by atoms with van der Waals surface area (Å²) < 4.78 is 5.98. The van der Waals surface area contributed by atoms with Crippen LogP contribution < -0.4 is 5.32 Å². The highest BCUT2D eigenvalue weighted by atomic mass is 16.3. The number of aliphatic imine (C=N–C) groups is 2. The molecule has 0 spiro atoms. The number of aromatic nitrogens is 1. The van der Waals surface area contributed by atoms with E-state index in [-0.39, 0.29) is 6.17 Å². The van der Waals surface area contributed by atoms with Gasteiger partial charge in [-0.15, -0.1) is 0 Å². The molecule has 156 valence electrons. The highest BCUT2D eigenvalue weighted by molar-refractivity contribution is 6.17. The van der Waals surface area contributed by atoms with E-state index in [1.807, 2.05) is 18.2 Å². The van der Waals surface area contributed by atoms with E-state index in [2.05, 4.69) is 81.0 Å². The summed E-state index contributed by atoms with van der Waals surface area (Å²) in [4.78, 5) is 13.6. The van der Waals surface area contributed by atoms with Gasteiger partial charge in [0.2, 0.25) is 0 Å². The van der Waals surface area contributed by atoms with Crippen molar-refractivity contribution in [1.29, 1.82) is 0 Å². The van der Waals surface area contributed by atoms with Gasteiger partial charge in [0.25, 0.3) is 0 Å². The lowest BCUT2D eigenvalue weighted by Crippen LogP contribution is -2.02. The third kappa shape index (κ3) is 2.83. The Morgan fingerprint density at radius 3 is 2.45 bits per heavy atom. The molecule has 0 radical (unpaired) electrons. The largest absolute Gasteiger partial charge is 0.454 e. The van der Waals surface area contributed by atoms with Crippen LogP contribution in [-0.4, -0.2) is 17.4 Å². The van der Waals surface area contributed by atoms with Crippen LogP contribution in [0.4, 0.5) is 11.4 Å². The molecule has 7 rings (SSSR count). The van der Waals surface area contributed by atoms with Crippen molar-refractivity contribution in [2.75, 3.05) is 5.32 Å². The summed E-state index contributed by atoms with van der Waals surface area (Å²) >= 11 is 0. The molecule has 0 unspecified atom stereocenters. The average Bonchev–Trinajstić information content (AvgIpc) is 3.47. The van der Waals surface area contributed by atoms with Crippen molar-refractivity contribution in [2.45, 2.75) is 6.17 Å². The van der Waals surface area contributed by atoms with Gasteiger partial charge < -0.3 is 9.73 Å². The fraction of sp³-hybridized carbons (Fsp3) is 0.0357. The van der Waals surface area contributed by atoms with E-state index in [1.54, 1.807) is 18.6 Å². The van der Waals surface area contributed by atoms with Gasteiger partial charge in [-0.25, -0.2) is 0 Å². The van der Waals surface area contributed by atoms with Gasteiger partial charge in [-0.1, -0.05) is 54.6 Å². The van der Waals surface area contributed by atoms with Crippen LogP contribution in [-0.2, 0) is 0 Å². The van der Waals surface area contributed by atoms with Gasteiger partial charge in [0.1, 0.15) is 11.1 Å². The van der Waals surface area contributed by atoms with Crippen LogP contribution in [0.2, 0.25) is 0 Å². The Balaban J connectivity index is 1.41. The zero-order valence-electron chi connectivity index (χ0n) is 17.6. The van der Waals surface area contributed by atoms with E-state index in [4.69, 9.17) is 4.42 Å². The summed E-state index contributed by atoms with van der Waals surface area (Å²) in [6.45, 7) is 0. The third-order valence-electron chi connectivity index (χ3n) is 6.25. The number of nitrogens with one attached hydrogen (secondary N) is 1. The van der Waals surface area contributed by atoms with Crippen molar-refractivity contribution in [3.8, 4) is 11.1 Å². The Labute approximate surface area is 189 Å². The van der Waals surface area contributed by atoms with Crippen LogP contribution >= 0.6 is 0 Å². The Bertz CT molecular complexity index is 1650. The maximum Gasteiger partial charge on any atom is 0.167 e. The predicted molar refractivity (Wildman–Crippen MR) is 135 cm³/mol. The fourth-order valence-corrected chi connectivity index (χ4v) is 4.69. The number of rotatable bonds is 2. The van der Waals surface area contributed by atoms with E-state index in [0.717, 1.165) is 61.3 Å². The quantitative estimate of drug-likeness (QED) is 0.323. The minimum atomic E-state index is -0.214. The number of para-hydroxylation sites is 2. The van der Waals surface area contributed by atoms with Gasteiger partial charge in [0, 0.05) is 35.1 Å². The number of hydrogen-bond donors (Lipinski definition) is 1. The fourth-order valence-electron chi connectivity index (χ4n) is 4.69. The molecule has 2 aliphatic heterocycles. The first-order valence-electron chi connectivity index (χ1n) is 10.9. The molecule has 0 saturated heterocycles. The van der Waals surface area contributed by atoms with E-state index in [1.165, 1.54) is 0 Å². The van der Waals surface area contributed by atoms with Crippen molar-refractivity contribution in [3.05, 3.63) is 89.6 Å². The molecule has 0 bridgehead atoms. The van der Waals surface area contributed by atoms with E-state index >= 15 is 0 Å². The van der Waals surface area contributed by atoms with Crippen LogP contribution in [0.5, 0.6) is 0 Å². The minimum Gasteiger partial charge on any atom is -0.454 e. The molecule has 0 atom stereocenters.